The van der Waals surface area contributed by atoms with Crippen LogP contribution in [0.4, 0.5) is 5.69 Å². The number of hydrogen-bond donors (Lipinski definition) is 3. The van der Waals surface area contributed by atoms with Crippen LogP contribution in [0.25, 0.3) is 11.6 Å². The Kier molecular flexibility index (Phi) is 7.13. The third kappa shape index (κ3) is 4.98. The summed E-state index contributed by atoms with van der Waals surface area (Å²) in [5.41, 5.74) is 6.12. The van der Waals surface area contributed by atoms with Gasteiger partial charge in [-0.25, -0.2) is 0 Å². The zero-order valence-corrected chi connectivity index (χ0v) is 22.5. The topological polar surface area (TPSA) is 94.3 Å². The number of anilines is 1. The SMILES string of the molecule is Cc1[nH]c(C=C2C(=O)Nc3ccc(C(=O)NC(C)c4ccc(Cl)cc4)cc32)c(C)c1C(=O)N1CCCCC1. The van der Waals surface area contributed by atoms with E-state index in [0.29, 0.717) is 38.7 Å². The summed E-state index contributed by atoms with van der Waals surface area (Å²) in [7, 11) is 0. The lowest BCUT2D eigenvalue weighted by Crippen LogP contribution is -2.36. The van der Waals surface area contributed by atoms with Gasteiger partial charge in [0.25, 0.3) is 17.7 Å². The van der Waals surface area contributed by atoms with Gasteiger partial charge >= 0.3 is 0 Å². The molecule has 1 unspecified atom stereocenters. The van der Waals surface area contributed by atoms with E-state index in [9.17, 15) is 14.4 Å². The lowest BCUT2D eigenvalue weighted by Gasteiger charge is -2.27. The number of rotatable bonds is 5. The van der Waals surface area contributed by atoms with Gasteiger partial charge in [0.1, 0.15) is 0 Å². The maximum Gasteiger partial charge on any atom is 0.256 e. The standard InChI is InChI=1S/C30H31ClN4O3/c1-17-26(32-19(3)27(17)30(38)35-13-5-4-6-14-35)16-24-23-15-21(9-12-25(23)34-29(24)37)28(36)33-18(2)20-7-10-22(31)11-8-20/h7-12,15-16,18,32H,4-6,13-14H2,1-3H3,(H,33,36)(H,34,37). The lowest BCUT2D eigenvalue weighted by molar-refractivity contribution is -0.110. The number of piperidine rings is 1. The van der Waals surface area contributed by atoms with Gasteiger partial charge in [0.05, 0.1) is 17.2 Å². The van der Waals surface area contributed by atoms with Crippen LogP contribution in [0.15, 0.2) is 42.5 Å². The van der Waals surface area contributed by atoms with Crippen molar-refractivity contribution in [3.63, 3.8) is 0 Å². The van der Waals surface area contributed by atoms with Crippen LogP contribution in [0.2, 0.25) is 5.02 Å². The molecule has 0 bridgehead atoms. The molecule has 0 aliphatic carbocycles. The molecule has 1 fully saturated rings. The molecule has 2 aromatic carbocycles. The van der Waals surface area contributed by atoms with Crippen LogP contribution in [0.1, 0.15) is 81.0 Å². The van der Waals surface area contributed by atoms with Crippen LogP contribution in [0, 0.1) is 13.8 Å². The van der Waals surface area contributed by atoms with Gasteiger partial charge < -0.3 is 20.5 Å². The van der Waals surface area contributed by atoms with Crippen molar-refractivity contribution in [1.82, 2.24) is 15.2 Å². The van der Waals surface area contributed by atoms with Crippen molar-refractivity contribution in [1.29, 1.82) is 0 Å². The van der Waals surface area contributed by atoms with Crippen molar-refractivity contribution in [2.75, 3.05) is 18.4 Å². The highest BCUT2D eigenvalue weighted by Gasteiger charge is 2.28. The van der Waals surface area contributed by atoms with Gasteiger partial charge in [-0.1, -0.05) is 23.7 Å². The van der Waals surface area contributed by atoms with Crippen LogP contribution in [0.5, 0.6) is 0 Å². The molecule has 2 aliphatic heterocycles. The number of H-pyrrole nitrogens is 1. The second-order valence-corrected chi connectivity index (χ2v) is 10.5. The number of benzene rings is 2. The van der Waals surface area contributed by atoms with Crippen molar-refractivity contribution < 1.29 is 14.4 Å². The number of hydrogen-bond acceptors (Lipinski definition) is 3. The highest BCUT2D eigenvalue weighted by molar-refractivity contribution is 6.35. The van der Waals surface area contributed by atoms with Gasteiger partial charge in [-0.2, -0.15) is 0 Å². The van der Waals surface area contributed by atoms with Gasteiger partial charge in [0.2, 0.25) is 0 Å². The summed E-state index contributed by atoms with van der Waals surface area (Å²) >= 11 is 5.98. The summed E-state index contributed by atoms with van der Waals surface area (Å²) in [6.45, 7) is 7.25. The molecule has 2 aliphatic rings. The monoisotopic (exact) mass is 530 g/mol. The van der Waals surface area contributed by atoms with E-state index in [1.54, 1.807) is 36.4 Å². The number of amides is 3. The first kappa shape index (κ1) is 25.8. The molecule has 1 saturated heterocycles. The molecular weight excluding hydrogens is 500 g/mol. The van der Waals surface area contributed by atoms with Crippen LogP contribution < -0.4 is 10.6 Å². The maximum absolute atomic E-state index is 13.2. The molecule has 1 atom stereocenters. The minimum atomic E-state index is -0.248. The molecule has 7 nitrogen and oxygen atoms in total. The number of halogens is 1. The van der Waals surface area contributed by atoms with Crippen molar-refractivity contribution in [2.24, 2.45) is 0 Å². The first-order valence-corrected chi connectivity index (χ1v) is 13.3. The number of nitrogens with one attached hydrogen (secondary N) is 3. The zero-order valence-electron chi connectivity index (χ0n) is 21.8. The average Bonchev–Trinajstić information content (AvgIpc) is 3.38. The highest BCUT2D eigenvalue weighted by atomic mass is 35.5. The molecule has 0 spiro atoms. The molecular formula is C30H31ClN4O3. The highest BCUT2D eigenvalue weighted by Crippen LogP contribution is 2.35. The summed E-state index contributed by atoms with van der Waals surface area (Å²) in [5.74, 6) is -0.455. The van der Waals surface area contributed by atoms with E-state index in [0.717, 1.165) is 49.2 Å². The van der Waals surface area contributed by atoms with E-state index in [4.69, 9.17) is 11.6 Å². The Hall–Kier alpha value is -3.84. The molecule has 3 amide bonds. The largest absolute Gasteiger partial charge is 0.358 e. The van der Waals surface area contributed by atoms with Crippen molar-refractivity contribution in [2.45, 2.75) is 46.1 Å². The number of fused-ring (bicyclic) bond motifs is 1. The molecule has 5 rings (SSSR count). The van der Waals surface area contributed by atoms with Crippen molar-refractivity contribution in [3.05, 3.63) is 86.7 Å². The fraction of sp³-hybridized carbons (Fsp3) is 0.300. The second kappa shape index (κ2) is 10.5. The second-order valence-electron chi connectivity index (χ2n) is 10.0. The Bertz CT molecular complexity index is 1450. The summed E-state index contributed by atoms with van der Waals surface area (Å²) < 4.78 is 0. The minimum absolute atomic E-state index is 0.0330. The van der Waals surface area contributed by atoms with E-state index in [-0.39, 0.29) is 23.8 Å². The maximum atomic E-state index is 13.2. The molecule has 3 heterocycles. The molecule has 8 heteroatoms. The molecule has 3 aromatic rings. The average molecular weight is 531 g/mol. The number of aromatic amines is 1. The van der Waals surface area contributed by atoms with Gasteiger partial charge in [-0.05, 0) is 87.6 Å². The summed E-state index contributed by atoms with van der Waals surface area (Å²) in [6.07, 6.45) is 4.97. The smallest absolute Gasteiger partial charge is 0.256 e. The summed E-state index contributed by atoms with van der Waals surface area (Å²) in [6, 6.07) is 12.3. The predicted octanol–water partition coefficient (Wildman–Crippen LogP) is 5.89. The third-order valence-corrected chi connectivity index (χ3v) is 7.66. The van der Waals surface area contributed by atoms with E-state index >= 15 is 0 Å². The molecule has 0 saturated carbocycles. The molecule has 38 heavy (non-hydrogen) atoms. The number of carbonyl (C=O) groups excluding carboxylic acids is 3. The molecule has 0 radical (unpaired) electrons. The first-order chi connectivity index (χ1) is 18.2. The fourth-order valence-corrected chi connectivity index (χ4v) is 5.35. The Balaban J connectivity index is 1.41. The first-order valence-electron chi connectivity index (χ1n) is 12.9. The van der Waals surface area contributed by atoms with E-state index in [2.05, 4.69) is 15.6 Å². The van der Waals surface area contributed by atoms with Crippen LogP contribution in [-0.2, 0) is 4.79 Å². The normalized spacial score (nSPS) is 16.8. The van der Waals surface area contributed by atoms with Gasteiger partial charge in [0, 0.05) is 46.3 Å². The zero-order chi connectivity index (χ0) is 27.0. The van der Waals surface area contributed by atoms with Gasteiger partial charge in [-0.3, -0.25) is 14.4 Å². The fourth-order valence-electron chi connectivity index (χ4n) is 5.23. The lowest BCUT2D eigenvalue weighted by atomic mass is 10.0. The number of aromatic nitrogens is 1. The molecule has 3 N–H and O–H groups in total. The van der Waals surface area contributed by atoms with E-state index in [1.165, 1.54) is 0 Å². The Morgan fingerprint density at radius 3 is 2.47 bits per heavy atom. The van der Waals surface area contributed by atoms with Crippen molar-refractivity contribution >= 4 is 46.7 Å². The number of likely N-dealkylation sites (tertiary alicyclic amines) is 1. The van der Waals surface area contributed by atoms with E-state index < -0.39 is 0 Å². The number of aryl methyl sites for hydroxylation is 1. The number of nitrogens with zero attached hydrogens (tertiary/aromatic N) is 1. The van der Waals surface area contributed by atoms with Gasteiger partial charge in [0.15, 0.2) is 0 Å². The third-order valence-electron chi connectivity index (χ3n) is 7.40. The Morgan fingerprint density at radius 2 is 1.76 bits per heavy atom. The Labute approximate surface area is 227 Å². The predicted molar refractivity (Wildman–Crippen MR) is 150 cm³/mol. The van der Waals surface area contributed by atoms with Crippen LogP contribution in [-0.4, -0.2) is 40.7 Å². The quantitative estimate of drug-likeness (QED) is 0.359. The van der Waals surface area contributed by atoms with Gasteiger partial charge in [-0.15, -0.1) is 0 Å². The molecule has 1 aromatic heterocycles. The molecule has 196 valence electrons. The van der Waals surface area contributed by atoms with Crippen LogP contribution in [0.3, 0.4) is 0 Å². The number of carbonyl (C=O) groups is 3. The minimum Gasteiger partial charge on any atom is -0.358 e. The van der Waals surface area contributed by atoms with Crippen LogP contribution >= 0.6 is 11.6 Å². The summed E-state index contributed by atoms with van der Waals surface area (Å²) in [4.78, 5) is 44.4. The van der Waals surface area contributed by atoms with E-state index in [1.807, 2.05) is 37.8 Å². The Morgan fingerprint density at radius 1 is 1.05 bits per heavy atom. The van der Waals surface area contributed by atoms with Crippen molar-refractivity contribution in [3.8, 4) is 0 Å². The summed E-state index contributed by atoms with van der Waals surface area (Å²) in [5, 5.41) is 6.52.